The fraction of sp³-hybridized carbons (Fsp3) is 0.200. The third-order valence-corrected chi connectivity index (χ3v) is 2.74. The second-order valence-corrected chi connectivity index (χ2v) is 4.22. The van der Waals surface area contributed by atoms with Gasteiger partial charge in [0, 0.05) is 5.56 Å². The average molecular weight is 266 g/mol. The van der Waals surface area contributed by atoms with Crippen LogP contribution in [0.1, 0.15) is 17.2 Å². The normalized spacial score (nSPS) is 13.1. The topological polar surface area (TPSA) is 9.23 Å². The number of hydrogen-bond donors (Lipinski definition) is 0. The molecule has 2 rings (SSSR count). The van der Waals surface area contributed by atoms with Crippen LogP contribution in [0.4, 0.5) is 13.2 Å². The molecule has 0 aliphatic carbocycles. The first-order chi connectivity index (χ1) is 8.98. The maximum atomic E-state index is 13.1. The molecular weight excluding hydrogens is 253 g/mol. The molecule has 100 valence electrons. The lowest BCUT2D eigenvalue weighted by Crippen LogP contribution is -2.26. The van der Waals surface area contributed by atoms with E-state index >= 15 is 0 Å². The minimum absolute atomic E-state index is 0.0956. The van der Waals surface area contributed by atoms with Crippen molar-refractivity contribution in [2.45, 2.75) is 19.2 Å². The van der Waals surface area contributed by atoms with Gasteiger partial charge in [0.05, 0.1) is 0 Å². The lowest BCUT2D eigenvalue weighted by Gasteiger charge is -2.23. The van der Waals surface area contributed by atoms with Gasteiger partial charge < -0.3 is 4.74 Å². The molecule has 0 spiro atoms. The van der Waals surface area contributed by atoms with Crippen molar-refractivity contribution in [2.75, 3.05) is 0 Å². The number of hydrogen-bond acceptors (Lipinski definition) is 1. The van der Waals surface area contributed by atoms with Gasteiger partial charge in [-0.25, -0.2) is 0 Å². The molecule has 0 bridgehead atoms. The van der Waals surface area contributed by atoms with Crippen molar-refractivity contribution in [3.05, 3.63) is 65.7 Å². The van der Waals surface area contributed by atoms with Gasteiger partial charge in [0.1, 0.15) is 5.75 Å². The van der Waals surface area contributed by atoms with Gasteiger partial charge in [-0.3, -0.25) is 0 Å². The minimum atomic E-state index is -4.45. The summed E-state index contributed by atoms with van der Waals surface area (Å²) in [5.41, 5.74) is 0.769. The van der Waals surface area contributed by atoms with Crippen molar-refractivity contribution in [3.8, 4) is 5.75 Å². The number of benzene rings is 2. The zero-order valence-corrected chi connectivity index (χ0v) is 10.3. The van der Waals surface area contributed by atoms with Gasteiger partial charge in [-0.15, -0.1) is 0 Å². The maximum absolute atomic E-state index is 13.1. The summed E-state index contributed by atoms with van der Waals surface area (Å²) in [5.74, 6) is 0.244. The Kier molecular flexibility index (Phi) is 3.79. The molecule has 2 aromatic carbocycles. The van der Waals surface area contributed by atoms with E-state index in [9.17, 15) is 13.2 Å². The van der Waals surface area contributed by atoms with Gasteiger partial charge >= 0.3 is 6.18 Å². The Hall–Kier alpha value is -1.97. The molecule has 0 N–H and O–H groups in total. The Bertz CT molecular complexity index is 535. The molecular formula is C15H13F3O. The van der Waals surface area contributed by atoms with Crippen LogP contribution in [0.15, 0.2) is 54.6 Å². The van der Waals surface area contributed by atoms with Crippen molar-refractivity contribution < 1.29 is 17.9 Å². The van der Waals surface area contributed by atoms with Crippen LogP contribution in [0.2, 0.25) is 0 Å². The lowest BCUT2D eigenvalue weighted by atomic mass is 10.1. The Morgan fingerprint density at radius 3 is 2.05 bits per heavy atom. The van der Waals surface area contributed by atoms with Crippen molar-refractivity contribution in [2.24, 2.45) is 0 Å². The summed E-state index contributed by atoms with van der Waals surface area (Å²) < 4.78 is 44.5. The monoisotopic (exact) mass is 266 g/mol. The maximum Gasteiger partial charge on any atom is 0.429 e. The highest BCUT2D eigenvalue weighted by atomic mass is 19.4. The summed E-state index contributed by atoms with van der Waals surface area (Å²) in [4.78, 5) is 0. The van der Waals surface area contributed by atoms with Gasteiger partial charge in [-0.1, -0.05) is 48.5 Å². The van der Waals surface area contributed by atoms with E-state index in [4.69, 9.17) is 4.74 Å². The highest BCUT2D eigenvalue weighted by molar-refractivity contribution is 5.33. The highest BCUT2D eigenvalue weighted by Crippen LogP contribution is 2.37. The quantitative estimate of drug-likeness (QED) is 0.784. The molecule has 19 heavy (non-hydrogen) atoms. The highest BCUT2D eigenvalue weighted by Gasteiger charge is 2.43. The predicted octanol–water partition coefficient (Wildman–Crippen LogP) is 4.68. The van der Waals surface area contributed by atoms with Crippen LogP contribution >= 0.6 is 0 Å². The molecule has 0 heterocycles. The smallest absolute Gasteiger partial charge is 0.429 e. The zero-order valence-electron chi connectivity index (χ0n) is 10.3. The Labute approximate surface area is 109 Å². The summed E-state index contributed by atoms with van der Waals surface area (Å²) in [6.45, 7) is 1.72. The lowest BCUT2D eigenvalue weighted by molar-refractivity contribution is -0.198. The van der Waals surface area contributed by atoms with Crippen molar-refractivity contribution >= 4 is 0 Å². The Morgan fingerprint density at radius 1 is 0.895 bits per heavy atom. The number of ether oxygens (including phenoxy) is 1. The molecule has 0 aliphatic heterocycles. The fourth-order valence-corrected chi connectivity index (χ4v) is 1.77. The van der Waals surface area contributed by atoms with Gasteiger partial charge in [0.25, 0.3) is 0 Å². The van der Waals surface area contributed by atoms with Gasteiger partial charge in [0.15, 0.2) is 0 Å². The van der Waals surface area contributed by atoms with E-state index in [-0.39, 0.29) is 11.3 Å². The van der Waals surface area contributed by atoms with E-state index in [1.165, 1.54) is 18.2 Å². The van der Waals surface area contributed by atoms with Crippen molar-refractivity contribution in [1.82, 2.24) is 0 Å². The molecule has 0 aromatic heterocycles. The van der Waals surface area contributed by atoms with E-state index in [2.05, 4.69) is 0 Å². The van der Waals surface area contributed by atoms with Gasteiger partial charge in [-0.05, 0) is 18.6 Å². The van der Waals surface area contributed by atoms with E-state index in [0.29, 0.717) is 5.56 Å². The van der Waals surface area contributed by atoms with Crippen LogP contribution in [-0.4, -0.2) is 6.18 Å². The molecule has 2 aromatic rings. The summed E-state index contributed by atoms with van der Waals surface area (Å²) >= 11 is 0. The van der Waals surface area contributed by atoms with E-state index in [0.717, 1.165) is 0 Å². The third kappa shape index (κ3) is 3.28. The van der Waals surface area contributed by atoms with Crippen LogP contribution < -0.4 is 4.74 Å². The van der Waals surface area contributed by atoms with Crippen LogP contribution in [0.5, 0.6) is 5.75 Å². The first-order valence-corrected chi connectivity index (χ1v) is 5.82. The van der Waals surface area contributed by atoms with Crippen molar-refractivity contribution in [1.29, 1.82) is 0 Å². The molecule has 4 heteroatoms. The molecule has 0 aliphatic rings. The Balaban J connectivity index is 2.33. The summed E-state index contributed by atoms with van der Waals surface area (Å²) in [5, 5.41) is 0. The molecule has 1 unspecified atom stereocenters. The van der Waals surface area contributed by atoms with Gasteiger partial charge in [-0.2, -0.15) is 13.2 Å². The first kappa shape index (κ1) is 13.5. The van der Waals surface area contributed by atoms with Crippen LogP contribution in [0, 0.1) is 6.92 Å². The zero-order chi connectivity index (χ0) is 13.9. The van der Waals surface area contributed by atoms with Gasteiger partial charge in [0.2, 0.25) is 6.10 Å². The molecule has 0 amide bonds. The van der Waals surface area contributed by atoms with Crippen LogP contribution in [0.25, 0.3) is 0 Å². The van der Waals surface area contributed by atoms with Crippen molar-refractivity contribution in [3.63, 3.8) is 0 Å². The number of halogens is 3. The first-order valence-electron chi connectivity index (χ1n) is 5.82. The van der Waals surface area contributed by atoms with E-state index in [1.54, 1.807) is 43.3 Å². The second kappa shape index (κ2) is 5.34. The van der Waals surface area contributed by atoms with Crippen LogP contribution in [0.3, 0.4) is 0 Å². The third-order valence-electron chi connectivity index (χ3n) is 2.74. The minimum Gasteiger partial charge on any atom is -0.476 e. The standard InChI is InChI=1S/C15H13F3O/c1-11-7-5-6-10-13(11)19-14(15(16,17)18)12-8-3-2-4-9-12/h2-10,14H,1H3. The SMILES string of the molecule is Cc1ccccc1OC(c1ccccc1)C(F)(F)F. The molecule has 0 fully saturated rings. The molecule has 1 atom stereocenters. The summed E-state index contributed by atoms with van der Waals surface area (Å²) in [6.07, 6.45) is -6.40. The largest absolute Gasteiger partial charge is 0.476 e. The van der Waals surface area contributed by atoms with Crippen LogP contribution in [-0.2, 0) is 0 Å². The molecule has 1 nitrogen and oxygen atoms in total. The molecule has 0 saturated carbocycles. The molecule has 0 saturated heterocycles. The number of alkyl halides is 3. The summed E-state index contributed by atoms with van der Waals surface area (Å²) in [7, 11) is 0. The number of aryl methyl sites for hydroxylation is 1. The second-order valence-electron chi connectivity index (χ2n) is 4.22. The summed E-state index contributed by atoms with van der Waals surface area (Å²) in [6, 6.07) is 14.3. The molecule has 0 radical (unpaired) electrons. The average Bonchev–Trinajstić information content (AvgIpc) is 2.37. The Morgan fingerprint density at radius 2 is 1.47 bits per heavy atom. The predicted molar refractivity (Wildman–Crippen MR) is 67.0 cm³/mol. The van der Waals surface area contributed by atoms with E-state index < -0.39 is 12.3 Å². The fourth-order valence-electron chi connectivity index (χ4n) is 1.77. The number of para-hydroxylation sites is 1. The van der Waals surface area contributed by atoms with E-state index in [1.807, 2.05) is 0 Å². The number of rotatable bonds is 3.